The Labute approximate surface area is 84.7 Å². The van der Waals surface area contributed by atoms with Gasteiger partial charge in [0.15, 0.2) is 0 Å². The molecule has 1 aromatic carbocycles. The lowest BCUT2D eigenvalue weighted by molar-refractivity contribution is 0.298. The quantitative estimate of drug-likeness (QED) is 0.689. The summed E-state index contributed by atoms with van der Waals surface area (Å²) in [5.41, 5.74) is 2.48. The van der Waals surface area contributed by atoms with E-state index >= 15 is 0 Å². The average Bonchev–Trinajstić information content (AvgIpc) is 2.54. The summed E-state index contributed by atoms with van der Waals surface area (Å²) >= 11 is 0. The second-order valence-electron chi connectivity index (χ2n) is 3.68. The molecule has 14 heavy (non-hydrogen) atoms. The largest absolute Gasteiger partial charge is 0.482 e. The standard InChI is InChI=1S/C13H14O/c1-10-7-11(2)9-13(8-10)14-12-5-3-4-6-12/h3-9,12H,1-2H3. The first kappa shape index (κ1) is 9.07. The predicted octanol–water partition coefficient (Wildman–Crippen LogP) is 3.18. The zero-order valence-corrected chi connectivity index (χ0v) is 8.53. The van der Waals surface area contributed by atoms with Gasteiger partial charge in [-0.15, -0.1) is 0 Å². The minimum atomic E-state index is 0.108. The summed E-state index contributed by atoms with van der Waals surface area (Å²) in [7, 11) is 0. The lowest BCUT2D eigenvalue weighted by Gasteiger charge is -2.11. The number of benzene rings is 1. The Morgan fingerprint density at radius 2 is 1.50 bits per heavy atom. The molecule has 0 aromatic heterocycles. The minimum Gasteiger partial charge on any atom is -0.482 e. The van der Waals surface area contributed by atoms with Crippen LogP contribution < -0.4 is 4.74 Å². The number of rotatable bonds is 2. The highest BCUT2D eigenvalue weighted by Crippen LogP contribution is 2.19. The van der Waals surface area contributed by atoms with Crippen LogP contribution in [0.4, 0.5) is 0 Å². The number of ether oxygens (including phenoxy) is 1. The third kappa shape index (κ3) is 2.05. The van der Waals surface area contributed by atoms with Crippen molar-refractivity contribution >= 4 is 0 Å². The molecule has 72 valence electrons. The Balaban J connectivity index is 2.16. The fraction of sp³-hybridized carbons (Fsp3) is 0.231. The van der Waals surface area contributed by atoms with Gasteiger partial charge in [0.05, 0.1) is 0 Å². The zero-order chi connectivity index (χ0) is 9.97. The van der Waals surface area contributed by atoms with E-state index in [9.17, 15) is 0 Å². The van der Waals surface area contributed by atoms with Crippen LogP contribution in [0.15, 0.2) is 42.5 Å². The van der Waals surface area contributed by atoms with Crippen molar-refractivity contribution in [3.8, 4) is 5.75 Å². The molecule has 1 aliphatic carbocycles. The van der Waals surface area contributed by atoms with Crippen LogP contribution in [0.5, 0.6) is 5.75 Å². The molecule has 1 aliphatic rings. The van der Waals surface area contributed by atoms with Gasteiger partial charge in [0, 0.05) is 0 Å². The van der Waals surface area contributed by atoms with Crippen LogP contribution in [0.3, 0.4) is 0 Å². The maximum absolute atomic E-state index is 5.76. The average molecular weight is 186 g/mol. The van der Waals surface area contributed by atoms with E-state index in [0.29, 0.717) is 0 Å². The van der Waals surface area contributed by atoms with Gasteiger partial charge in [-0.3, -0.25) is 0 Å². The van der Waals surface area contributed by atoms with Crippen molar-refractivity contribution in [1.29, 1.82) is 0 Å². The summed E-state index contributed by atoms with van der Waals surface area (Å²) < 4.78 is 5.76. The third-order valence-electron chi connectivity index (χ3n) is 2.18. The van der Waals surface area contributed by atoms with Gasteiger partial charge in [-0.2, -0.15) is 0 Å². The van der Waals surface area contributed by atoms with Gasteiger partial charge in [-0.25, -0.2) is 0 Å². The maximum Gasteiger partial charge on any atom is 0.136 e. The molecule has 0 fully saturated rings. The molecule has 0 unspecified atom stereocenters. The van der Waals surface area contributed by atoms with Crippen LogP contribution in [0.25, 0.3) is 0 Å². The fourth-order valence-corrected chi connectivity index (χ4v) is 1.65. The van der Waals surface area contributed by atoms with Gasteiger partial charge >= 0.3 is 0 Å². The van der Waals surface area contributed by atoms with E-state index in [-0.39, 0.29) is 6.10 Å². The molecule has 0 radical (unpaired) electrons. The summed E-state index contributed by atoms with van der Waals surface area (Å²) in [4.78, 5) is 0. The molecular weight excluding hydrogens is 172 g/mol. The summed E-state index contributed by atoms with van der Waals surface area (Å²) in [6.07, 6.45) is 8.20. The van der Waals surface area contributed by atoms with Crippen LogP contribution in [-0.2, 0) is 0 Å². The summed E-state index contributed by atoms with van der Waals surface area (Å²) in [5, 5.41) is 0. The molecule has 0 heterocycles. The minimum absolute atomic E-state index is 0.108. The first-order chi connectivity index (χ1) is 6.74. The normalized spacial score (nSPS) is 15.0. The Hall–Kier alpha value is -1.50. The van der Waals surface area contributed by atoms with E-state index in [0.717, 1.165) is 5.75 Å². The van der Waals surface area contributed by atoms with Crippen molar-refractivity contribution < 1.29 is 4.74 Å². The van der Waals surface area contributed by atoms with Crippen LogP contribution in [0.2, 0.25) is 0 Å². The molecule has 1 heteroatoms. The van der Waals surface area contributed by atoms with Crippen LogP contribution in [-0.4, -0.2) is 6.10 Å². The van der Waals surface area contributed by atoms with E-state index in [1.165, 1.54) is 11.1 Å². The fourth-order valence-electron chi connectivity index (χ4n) is 1.65. The van der Waals surface area contributed by atoms with Gasteiger partial charge in [-0.05, 0) is 49.3 Å². The van der Waals surface area contributed by atoms with Crippen molar-refractivity contribution in [3.63, 3.8) is 0 Å². The molecule has 0 N–H and O–H groups in total. The molecule has 0 bridgehead atoms. The van der Waals surface area contributed by atoms with Gasteiger partial charge in [0.2, 0.25) is 0 Å². The van der Waals surface area contributed by atoms with Gasteiger partial charge in [-0.1, -0.05) is 18.2 Å². The maximum atomic E-state index is 5.76. The number of allylic oxidation sites excluding steroid dienone is 2. The molecule has 1 aromatic rings. The molecule has 2 rings (SSSR count). The molecule has 0 aliphatic heterocycles. The molecule has 1 nitrogen and oxygen atoms in total. The molecule has 0 saturated heterocycles. The predicted molar refractivity (Wildman–Crippen MR) is 58.6 cm³/mol. The zero-order valence-electron chi connectivity index (χ0n) is 8.53. The van der Waals surface area contributed by atoms with Crippen LogP contribution in [0, 0.1) is 13.8 Å². The van der Waals surface area contributed by atoms with E-state index in [1.54, 1.807) is 0 Å². The number of aryl methyl sites for hydroxylation is 2. The van der Waals surface area contributed by atoms with Gasteiger partial charge in [0.1, 0.15) is 11.9 Å². The van der Waals surface area contributed by atoms with E-state index in [4.69, 9.17) is 4.74 Å². The van der Waals surface area contributed by atoms with Crippen LogP contribution >= 0.6 is 0 Å². The Kier molecular flexibility index (Phi) is 2.40. The monoisotopic (exact) mass is 186 g/mol. The molecular formula is C13H14O. The highest BCUT2D eigenvalue weighted by Gasteiger charge is 2.05. The lowest BCUT2D eigenvalue weighted by atomic mass is 10.1. The first-order valence-corrected chi connectivity index (χ1v) is 4.84. The Bertz CT molecular complexity index is 356. The van der Waals surface area contributed by atoms with Crippen molar-refractivity contribution in [2.24, 2.45) is 0 Å². The first-order valence-electron chi connectivity index (χ1n) is 4.84. The second kappa shape index (κ2) is 3.70. The summed E-state index contributed by atoms with van der Waals surface area (Å²) in [5.74, 6) is 0.948. The highest BCUT2D eigenvalue weighted by atomic mass is 16.5. The van der Waals surface area contributed by atoms with Gasteiger partial charge < -0.3 is 4.74 Å². The highest BCUT2D eigenvalue weighted by molar-refractivity contribution is 5.34. The van der Waals surface area contributed by atoms with Crippen LogP contribution in [0.1, 0.15) is 11.1 Å². The van der Waals surface area contributed by atoms with Crippen molar-refractivity contribution in [1.82, 2.24) is 0 Å². The summed E-state index contributed by atoms with van der Waals surface area (Å²) in [6.45, 7) is 4.17. The lowest BCUT2D eigenvalue weighted by Crippen LogP contribution is -2.07. The summed E-state index contributed by atoms with van der Waals surface area (Å²) in [6, 6.07) is 6.27. The smallest absolute Gasteiger partial charge is 0.136 e. The van der Waals surface area contributed by atoms with Gasteiger partial charge in [0.25, 0.3) is 0 Å². The Morgan fingerprint density at radius 3 is 2.07 bits per heavy atom. The van der Waals surface area contributed by atoms with Crippen molar-refractivity contribution in [3.05, 3.63) is 53.6 Å². The second-order valence-corrected chi connectivity index (χ2v) is 3.68. The molecule has 0 amide bonds. The Morgan fingerprint density at radius 1 is 0.929 bits per heavy atom. The molecule has 0 atom stereocenters. The van der Waals surface area contributed by atoms with E-state index in [1.807, 2.05) is 24.3 Å². The molecule has 0 spiro atoms. The van der Waals surface area contributed by atoms with Crippen molar-refractivity contribution in [2.45, 2.75) is 20.0 Å². The SMILES string of the molecule is Cc1cc(C)cc(OC2C=CC=C2)c1. The molecule has 0 saturated carbocycles. The van der Waals surface area contributed by atoms with Crippen molar-refractivity contribution in [2.75, 3.05) is 0 Å². The third-order valence-corrected chi connectivity index (χ3v) is 2.18. The van der Waals surface area contributed by atoms with E-state index < -0.39 is 0 Å². The number of hydrogen-bond donors (Lipinski definition) is 0. The number of hydrogen-bond acceptors (Lipinski definition) is 1. The topological polar surface area (TPSA) is 9.23 Å². The van der Waals surface area contributed by atoms with E-state index in [2.05, 4.69) is 32.0 Å².